The fraction of sp³-hybridized carbons (Fsp3) is 0.346. The number of rotatable bonds is 3. The monoisotopic (exact) mass is 521 g/mol. The van der Waals surface area contributed by atoms with E-state index in [1.165, 1.54) is 12.0 Å². The van der Waals surface area contributed by atoms with E-state index in [1.807, 2.05) is 25.2 Å². The van der Waals surface area contributed by atoms with Crippen molar-refractivity contribution in [2.75, 3.05) is 39.3 Å². The van der Waals surface area contributed by atoms with Gasteiger partial charge < -0.3 is 24.8 Å². The molecule has 12 nitrogen and oxygen atoms in total. The number of fused-ring (bicyclic) bond motifs is 1. The quantitative estimate of drug-likeness (QED) is 0.379. The molecule has 5 rings (SSSR count). The van der Waals surface area contributed by atoms with Gasteiger partial charge in [0.25, 0.3) is 11.8 Å². The van der Waals surface area contributed by atoms with E-state index in [0.717, 1.165) is 29.8 Å². The van der Waals surface area contributed by atoms with Gasteiger partial charge >= 0.3 is 6.03 Å². The number of aliphatic hydroxyl groups is 1. The predicted octanol–water partition coefficient (Wildman–Crippen LogP) is 0.0706. The molecule has 12 heteroatoms. The zero-order valence-corrected chi connectivity index (χ0v) is 21.1. The van der Waals surface area contributed by atoms with Gasteiger partial charge in [0.2, 0.25) is 5.91 Å². The maximum atomic E-state index is 11.9. The fourth-order valence-corrected chi connectivity index (χ4v) is 4.10. The van der Waals surface area contributed by atoms with E-state index in [1.54, 1.807) is 24.1 Å². The van der Waals surface area contributed by atoms with Crippen molar-refractivity contribution in [3.63, 3.8) is 0 Å². The first kappa shape index (κ1) is 26.4. The number of amides is 5. The number of nitrogens with one attached hydrogen (secondary N) is 2. The summed E-state index contributed by atoms with van der Waals surface area (Å²) in [5.41, 5.74) is 2.12. The molecule has 5 amide bonds. The summed E-state index contributed by atoms with van der Waals surface area (Å²) in [7, 11) is 4.88. The van der Waals surface area contributed by atoms with Crippen LogP contribution in [0.15, 0.2) is 30.3 Å². The standard InChI is InChI=1S/C15H14N4O5.C11H13NO2/c1-24-11-4-5-12(19-7-8(20)6-13(19)21)16-9(11)2-3-10-14(22)18-15(23)17-10;1-12-6-5-8-3-4-9(14-2)7-10(8)11(12)13/h4-5,8,10,20H,6-7H2,1H3,(H2,17,18,22,23);3-4,7H,5-6H2,1-2H3. The summed E-state index contributed by atoms with van der Waals surface area (Å²) in [5.74, 6) is 6.04. The van der Waals surface area contributed by atoms with E-state index in [0.29, 0.717) is 11.6 Å². The Morgan fingerprint density at radius 1 is 1.11 bits per heavy atom. The van der Waals surface area contributed by atoms with Gasteiger partial charge in [0, 0.05) is 19.2 Å². The van der Waals surface area contributed by atoms with Crippen molar-refractivity contribution in [2.45, 2.75) is 25.0 Å². The minimum atomic E-state index is -0.970. The van der Waals surface area contributed by atoms with E-state index in [9.17, 15) is 24.3 Å². The highest BCUT2D eigenvalue weighted by Crippen LogP contribution is 2.25. The Morgan fingerprint density at radius 3 is 2.53 bits per heavy atom. The molecule has 0 saturated carbocycles. The number of carbonyl (C=O) groups is 4. The highest BCUT2D eigenvalue weighted by atomic mass is 16.5. The summed E-state index contributed by atoms with van der Waals surface area (Å²) < 4.78 is 10.3. The van der Waals surface area contributed by atoms with Crippen molar-refractivity contribution in [1.82, 2.24) is 20.5 Å². The highest BCUT2D eigenvalue weighted by Gasteiger charge is 2.31. The Kier molecular flexibility index (Phi) is 7.78. The zero-order valence-electron chi connectivity index (χ0n) is 21.1. The van der Waals surface area contributed by atoms with Crippen molar-refractivity contribution < 1.29 is 33.8 Å². The van der Waals surface area contributed by atoms with Gasteiger partial charge in [-0.2, -0.15) is 0 Å². The maximum Gasteiger partial charge on any atom is 0.322 e. The summed E-state index contributed by atoms with van der Waals surface area (Å²) in [6.45, 7) is 0.963. The lowest BCUT2D eigenvalue weighted by Gasteiger charge is -2.24. The number of hydrogen-bond acceptors (Lipinski definition) is 8. The van der Waals surface area contributed by atoms with Gasteiger partial charge in [0.1, 0.15) is 11.6 Å². The third-order valence-corrected chi connectivity index (χ3v) is 6.16. The number of β-amino-alcohol motifs (C(OH)–C–C–N with tert-alkyl or cyclic N) is 1. The van der Waals surface area contributed by atoms with Crippen molar-refractivity contribution in [3.05, 3.63) is 47.2 Å². The van der Waals surface area contributed by atoms with Crippen LogP contribution in [0.25, 0.3) is 0 Å². The van der Waals surface area contributed by atoms with Gasteiger partial charge in [-0.05, 0) is 42.2 Å². The second kappa shape index (κ2) is 11.2. The molecule has 38 heavy (non-hydrogen) atoms. The first-order valence-electron chi connectivity index (χ1n) is 11.8. The Hall–Kier alpha value is -4.63. The van der Waals surface area contributed by atoms with E-state index in [4.69, 9.17) is 9.47 Å². The minimum Gasteiger partial charge on any atom is -0.497 e. The number of aromatic nitrogens is 1. The number of carbonyl (C=O) groups excluding carboxylic acids is 4. The van der Waals surface area contributed by atoms with Crippen molar-refractivity contribution >= 4 is 29.6 Å². The maximum absolute atomic E-state index is 11.9. The third kappa shape index (κ3) is 5.68. The number of likely N-dealkylation sites (N-methyl/N-ethyl adjacent to an activating group) is 1. The molecule has 2 unspecified atom stereocenters. The van der Waals surface area contributed by atoms with Crippen molar-refractivity contribution in [2.24, 2.45) is 0 Å². The molecule has 0 aliphatic carbocycles. The number of imide groups is 1. The van der Waals surface area contributed by atoms with Gasteiger partial charge in [-0.15, -0.1) is 0 Å². The number of aliphatic hydroxyl groups excluding tert-OH is 1. The predicted molar refractivity (Wildman–Crippen MR) is 135 cm³/mol. The summed E-state index contributed by atoms with van der Waals surface area (Å²) in [6, 6.07) is 7.29. The van der Waals surface area contributed by atoms with E-state index >= 15 is 0 Å². The molecule has 4 heterocycles. The van der Waals surface area contributed by atoms with Crippen molar-refractivity contribution in [3.8, 4) is 23.3 Å². The zero-order chi connectivity index (χ0) is 27.4. The van der Waals surface area contributed by atoms with Crippen LogP contribution < -0.4 is 25.0 Å². The van der Waals surface area contributed by atoms with Crippen LogP contribution in [0.1, 0.15) is 28.0 Å². The first-order valence-corrected chi connectivity index (χ1v) is 11.8. The Bertz CT molecular complexity index is 1350. The van der Waals surface area contributed by atoms with E-state index in [-0.39, 0.29) is 30.5 Å². The van der Waals surface area contributed by atoms with Crippen LogP contribution in [0.4, 0.5) is 10.6 Å². The summed E-state index contributed by atoms with van der Waals surface area (Å²) in [4.78, 5) is 53.5. The van der Waals surface area contributed by atoms with Crippen LogP contribution in [-0.2, 0) is 16.0 Å². The first-order chi connectivity index (χ1) is 18.2. The van der Waals surface area contributed by atoms with Crippen LogP contribution in [-0.4, -0.2) is 85.2 Å². The molecular weight excluding hydrogens is 494 g/mol. The van der Waals surface area contributed by atoms with Crippen LogP contribution in [0, 0.1) is 11.8 Å². The van der Waals surface area contributed by atoms with Crippen LogP contribution in [0.3, 0.4) is 0 Å². The summed E-state index contributed by atoms with van der Waals surface area (Å²) in [5, 5.41) is 14.0. The average Bonchev–Trinajstić information content (AvgIpc) is 3.43. The van der Waals surface area contributed by atoms with E-state index < -0.39 is 24.1 Å². The number of urea groups is 1. The lowest BCUT2D eigenvalue weighted by molar-refractivity contribution is -0.119. The SMILES string of the molecule is COc1ccc(N2CC(O)CC2=O)nc1C#CC1NC(=O)NC1=O.COc1ccc2c(c1)C(=O)N(C)CC2. The molecular formula is C26H27N5O7. The molecule has 3 aliphatic heterocycles. The molecule has 2 atom stereocenters. The van der Waals surface area contributed by atoms with Crippen LogP contribution in [0.2, 0.25) is 0 Å². The minimum absolute atomic E-state index is 0.0446. The lowest BCUT2D eigenvalue weighted by Crippen LogP contribution is -2.34. The van der Waals surface area contributed by atoms with Crippen molar-refractivity contribution in [1.29, 1.82) is 0 Å². The number of ether oxygens (including phenoxy) is 2. The molecule has 2 saturated heterocycles. The Morgan fingerprint density at radius 2 is 1.89 bits per heavy atom. The van der Waals surface area contributed by atoms with Gasteiger partial charge in [0.15, 0.2) is 17.5 Å². The number of methoxy groups -OCH3 is 2. The number of benzene rings is 1. The Balaban J connectivity index is 0.000000204. The van der Waals surface area contributed by atoms with Crippen LogP contribution in [0.5, 0.6) is 11.5 Å². The van der Waals surface area contributed by atoms with Gasteiger partial charge in [-0.1, -0.05) is 12.0 Å². The van der Waals surface area contributed by atoms with E-state index in [2.05, 4.69) is 27.5 Å². The highest BCUT2D eigenvalue weighted by molar-refractivity contribution is 6.06. The molecule has 2 aromatic rings. The molecule has 198 valence electrons. The second-order valence-electron chi connectivity index (χ2n) is 8.75. The molecule has 0 bridgehead atoms. The molecule has 3 aliphatic rings. The smallest absolute Gasteiger partial charge is 0.322 e. The number of nitrogens with zero attached hydrogens (tertiary/aromatic N) is 3. The molecule has 1 aromatic heterocycles. The summed E-state index contributed by atoms with van der Waals surface area (Å²) >= 11 is 0. The number of anilines is 1. The second-order valence-corrected chi connectivity index (χ2v) is 8.75. The average molecular weight is 522 g/mol. The molecule has 2 fully saturated rings. The molecule has 3 N–H and O–H groups in total. The lowest BCUT2D eigenvalue weighted by atomic mass is 9.99. The fourth-order valence-electron chi connectivity index (χ4n) is 4.10. The molecule has 1 aromatic carbocycles. The molecule has 0 radical (unpaired) electrons. The van der Waals surface area contributed by atoms with Gasteiger partial charge in [0.05, 0.1) is 33.3 Å². The van der Waals surface area contributed by atoms with Gasteiger partial charge in [-0.25, -0.2) is 9.78 Å². The normalized spacial score (nSPS) is 20.0. The molecule has 0 spiro atoms. The van der Waals surface area contributed by atoms with Gasteiger partial charge in [-0.3, -0.25) is 24.6 Å². The number of hydrogen-bond donors (Lipinski definition) is 3. The van der Waals surface area contributed by atoms with Crippen LogP contribution >= 0.6 is 0 Å². The topological polar surface area (TPSA) is 150 Å². The largest absolute Gasteiger partial charge is 0.497 e. The number of pyridine rings is 1. The summed E-state index contributed by atoms with van der Waals surface area (Å²) in [6.07, 6.45) is 0.248. The third-order valence-electron chi connectivity index (χ3n) is 6.16. The Labute approximate surface area is 218 Å².